The molecule has 0 aromatic carbocycles. The van der Waals surface area contributed by atoms with Crippen molar-refractivity contribution in [3.8, 4) is 0 Å². The molecule has 5 saturated heterocycles. The summed E-state index contributed by atoms with van der Waals surface area (Å²) < 4.78 is 103. The quantitative estimate of drug-likeness (QED) is 0.0188. The van der Waals surface area contributed by atoms with Crippen LogP contribution in [0.3, 0.4) is 0 Å². The predicted molar refractivity (Wildman–Crippen MR) is 269 cm³/mol. The number of phosphoric acid groups is 2. The summed E-state index contributed by atoms with van der Waals surface area (Å²) in [5.41, 5.74) is 7.25. The summed E-state index contributed by atoms with van der Waals surface area (Å²) >= 11 is 4.12. The number of hydrogen-bond donors (Lipinski definition) is 23. The van der Waals surface area contributed by atoms with E-state index in [1.165, 1.54) is 0 Å². The third-order valence-electron chi connectivity index (χ3n) is 15.0. The van der Waals surface area contributed by atoms with Gasteiger partial charge in [0.15, 0.2) is 31.2 Å². The summed E-state index contributed by atoms with van der Waals surface area (Å²) in [5, 5.41) is 195. The third-order valence-corrected chi connectivity index (χ3v) is 17.3. The lowest BCUT2D eigenvalue weighted by atomic mass is 9.84. The summed E-state index contributed by atoms with van der Waals surface area (Å²) in [4.78, 5) is 20.7. The van der Waals surface area contributed by atoms with E-state index in [0.717, 1.165) is 12.8 Å². The van der Waals surface area contributed by atoms with E-state index in [4.69, 9.17) is 65.5 Å². The molecule has 2 unspecified atom stereocenters. The van der Waals surface area contributed by atoms with Crippen LogP contribution < -0.4 is 11.5 Å². The van der Waals surface area contributed by atoms with Gasteiger partial charge >= 0.3 is 15.6 Å². The van der Waals surface area contributed by atoms with Gasteiger partial charge in [0.25, 0.3) is 0 Å². The second-order valence-electron chi connectivity index (χ2n) is 21.0. The van der Waals surface area contributed by atoms with E-state index in [2.05, 4.69) is 24.1 Å². The number of aliphatic hydroxyl groups is 18. The van der Waals surface area contributed by atoms with Crippen LogP contribution in [0.1, 0.15) is 25.7 Å². The maximum atomic E-state index is 13.0. The highest BCUT2D eigenvalue weighted by molar-refractivity contribution is 7.80. The number of hydrogen-bond acceptors (Lipinski definition) is 35. The van der Waals surface area contributed by atoms with Crippen molar-refractivity contribution in [1.29, 1.82) is 0 Å². The van der Waals surface area contributed by atoms with E-state index < -0.39 is 239 Å². The molecule has 1 saturated carbocycles. The van der Waals surface area contributed by atoms with Gasteiger partial charge in [-0.3, -0.25) is 18.1 Å². The van der Waals surface area contributed by atoms with Crippen molar-refractivity contribution in [2.24, 2.45) is 0 Å². The van der Waals surface area contributed by atoms with Crippen molar-refractivity contribution in [2.75, 3.05) is 58.5 Å². The lowest BCUT2D eigenvalue weighted by molar-refractivity contribution is -0.510. The minimum atomic E-state index is -5.11. The summed E-state index contributed by atoms with van der Waals surface area (Å²) in [6.07, 6.45) is -59.1. The first kappa shape index (κ1) is 73.4. The van der Waals surface area contributed by atoms with Crippen LogP contribution in [-0.4, -0.2) is 350 Å². The van der Waals surface area contributed by atoms with E-state index in [9.17, 15) is 111 Å². The Morgan fingerprint density at radius 3 is 1.38 bits per heavy atom. The first-order valence-corrected chi connectivity index (χ1v) is 30.7. The Bertz CT molecular complexity index is 2090. The molecule has 6 rings (SSSR count). The Balaban J connectivity index is 1.18. The van der Waals surface area contributed by atoms with Gasteiger partial charge in [-0.25, -0.2) is 9.13 Å². The lowest BCUT2D eigenvalue weighted by Crippen LogP contribution is -2.79. The van der Waals surface area contributed by atoms with Gasteiger partial charge in [-0.2, -0.15) is 12.6 Å². The van der Waals surface area contributed by atoms with Crippen molar-refractivity contribution in [1.82, 2.24) is 0 Å². The zero-order chi connectivity index (χ0) is 63.0. The average molecular weight is 1310 g/mol. The summed E-state index contributed by atoms with van der Waals surface area (Å²) in [7, 11) is -10.0. The van der Waals surface area contributed by atoms with E-state index in [1.54, 1.807) is 0 Å². The third kappa shape index (κ3) is 17.9. The summed E-state index contributed by atoms with van der Waals surface area (Å²) in [5.74, 6) is 0.615. The fourth-order valence-electron chi connectivity index (χ4n) is 9.99. The van der Waals surface area contributed by atoms with Crippen LogP contribution in [0.25, 0.3) is 0 Å². The first-order chi connectivity index (χ1) is 40.1. The molecule has 0 radical (unpaired) electrons. The molecule has 33 atom stereocenters. The Labute approximate surface area is 489 Å². The second-order valence-corrected chi connectivity index (χ2v) is 24.3. The number of phosphoric ester groups is 2. The monoisotopic (exact) mass is 1310 g/mol. The maximum Gasteiger partial charge on any atom is 0.472 e. The number of ether oxygens (including phenoxy) is 10. The molecule has 5 aliphatic heterocycles. The van der Waals surface area contributed by atoms with Gasteiger partial charge in [0.1, 0.15) is 159 Å². The topological polar surface area (TPSA) is 623 Å². The van der Waals surface area contributed by atoms with E-state index in [-0.39, 0.29) is 19.8 Å². The molecule has 0 aromatic rings. The van der Waals surface area contributed by atoms with Crippen molar-refractivity contribution < 1.29 is 188 Å². The second kappa shape index (κ2) is 32.8. The van der Waals surface area contributed by atoms with Crippen molar-refractivity contribution in [3.05, 3.63) is 0 Å². The van der Waals surface area contributed by atoms with Gasteiger partial charge in [-0.05, 0) is 18.6 Å². The molecule has 5 heterocycles. The fraction of sp³-hybridized carbons (Fsp3) is 1.00. The van der Waals surface area contributed by atoms with E-state index in [0.29, 0.717) is 18.6 Å². The Hall–Kier alpha value is -0.630. The van der Waals surface area contributed by atoms with Gasteiger partial charge in [0.2, 0.25) is 6.29 Å². The first-order valence-electron chi connectivity index (χ1n) is 27.1. The minimum absolute atomic E-state index is 0.0153. The van der Waals surface area contributed by atoms with E-state index >= 15 is 0 Å². The van der Waals surface area contributed by atoms with Gasteiger partial charge in [-0.15, -0.1) is 0 Å². The molecule has 0 amide bonds. The highest BCUT2D eigenvalue weighted by Gasteiger charge is 2.59. The predicted octanol–water partition coefficient (Wildman–Crippen LogP) is -13.4. The lowest BCUT2D eigenvalue weighted by Gasteiger charge is -2.49. The zero-order valence-corrected chi connectivity index (χ0v) is 48.0. The van der Waals surface area contributed by atoms with Gasteiger partial charge in [0, 0.05) is 0 Å². The smallest absolute Gasteiger partial charge is 0.394 e. The fourth-order valence-corrected chi connectivity index (χ4v) is 12.0. The zero-order valence-electron chi connectivity index (χ0n) is 45.3. The summed E-state index contributed by atoms with van der Waals surface area (Å²) in [6.45, 7) is -5.73. The van der Waals surface area contributed by atoms with E-state index in [1.807, 2.05) is 0 Å². The largest absolute Gasteiger partial charge is 0.472 e. The standard InChI is InChI=1S/C44H82N2O36P2S/c45-5-7-71-83(65,66)72-13-18-23(53)30(60)39(80-41-33(63)25(55)20(50)14(9-47)73-41)44(77-18)81-38-29(59)21(51)15(10-48)74-43(38)69-12-17-22(52)26(56)34(64)42(76-17)78-35-16(11-49)75-40(19(46)24(35)54)79-36-31(61)27(57)28(58)32(62)37(36)82-84(67,68)70-6-3-1-2-4-8-85/h14-44,47-64,85H,1-13,45-46H2,(H,65,66)(H,67,68)/p+2/t14-,15-,16-,17-,18-,19+,20-,21-,22-,23-,24+,25-,26-,27+,28+,29-,30-,31-,32-,33-,34-,35-,36+,37-,38-,39-,40-,41-,42-,43+,44-/m0/s1. The van der Waals surface area contributed by atoms with Crippen LogP contribution in [0.15, 0.2) is 0 Å². The van der Waals surface area contributed by atoms with Crippen molar-refractivity contribution >= 4 is 28.3 Å². The molecule has 0 aromatic heterocycles. The molecule has 6 aliphatic rings. The Morgan fingerprint density at radius 2 is 0.800 bits per heavy atom. The molecular weight excluding hydrogens is 1230 g/mol. The van der Waals surface area contributed by atoms with Gasteiger partial charge in [0.05, 0.1) is 46.2 Å². The number of aliphatic hydroxyl groups excluding tert-OH is 18. The molecule has 41 heteroatoms. The van der Waals surface area contributed by atoms with Crippen LogP contribution >= 0.6 is 28.3 Å². The molecule has 500 valence electrons. The molecule has 0 spiro atoms. The van der Waals surface area contributed by atoms with Crippen molar-refractivity contribution in [2.45, 2.75) is 216 Å². The molecule has 0 bridgehead atoms. The minimum Gasteiger partial charge on any atom is -0.394 e. The summed E-state index contributed by atoms with van der Waals surface area (Å²) in [6, 6.07) is -1.59. The number of quaternary nitrogens is 2. The highest BCUT2D eigenvalue weighted by Crippen LogP contribution is 2.48. The molecule has 85 heavy (non-hydrogen) atoms. The van der Waals surface area contributed by atoms with Crippen LogP contribution in [0, 0.1) is 0 Å². The van der Waals surface area contributed by atoms with Crippen molar-refractivity contribution in [3.63, 3.8) is 0 Å². The molecule has 1 aliphatic carbocycles. The SMILES string of the molecule is [NH3+]CCOP(=O)(O)OC[C@@H]1O[C@@H](O[C@@H]2[C@H](OC[C@@H]3O[C@@H](O[C@@H]4[C@H](O)[C@@H]([NH3+])[C@H](O[C@@H]5[C@@H](O)[C@H](O)[C@@H](O)[C@H](O)[C@@H]5OP(=O)(O)OCCCCCCS)O[C@H]4CO)[C@@H](O)[C@@H](O)[C@H]3O)O[C@@H](CO)[C@H](O)[C@@H]2O)[C@@H](O[C@@H]2O[C@@H](CO)[C@H](O)[C@H](O)[C@@H]2O)[C@@H](O)[C@H]1O. The number of rotatable bonds is 29. The normalized spacial score (nSPS) is 47.0. The number of unbranched alkanes of at least 4 members (excludes halogenated alkanes) is 3. The molecule has 26 N–H and O–H groups in total. The van der Waals surface area contributed by atoms with Crippen LogP contribution in [0.2, 0.25) is 0 Å². The van der Waals surface area contributed by atoms with Gasteiger partial charge in [-0.1, -0.05) is 12.8 Å². The maximum absolute atomic E-state index is 13.0. The molecule has 38 nitrogen and oxygen atoms in total. The molecular formula is C44H84N2O36P2S+2. The molecule has 6 fully saturated rings. The average Bonchev–Trinajstić information content (AvgIpc) is 1.89. The van der Waals surface area contributed by atoms with Crippen LogP contribution in [0.4, 0.5) is 0 Å². The van der Waals surface area contributed by atoms with Crippen LogP contribution in [0.5, 0.6) is 0 Å². The number of thiol groups is 1. The van der Waals surface area contributed by atoms with Gasteiger partial charge < -0.3 is 161 Å². The Kier molecular flexibility index (Phi) is 28.3. The Morgan fingerprint density at radius 1 is 0.388 bits per heavy atom. The van der Waals surface area contributed by atoms with Crippen LogP contribution in [-0.2, 0) is 74.6 Å². The highest BCUT2D eigenvalue weighted by atomic mass is 32.1.